The van der Waals surface area contributed by atoms with Crippen LogP contribution in [0.3, 0.4) is 0 Å². The van der Waals surface area contributed by atoms with Crippen LogP contribution < -0.4 is 0 Å². The summed E-state index contributed by atoms with van der Waals surface area (Å²) >= 11 is 1.72. The molecule has 0 unspecified atom stereocenters. The van der Waals surface area contributed by atoms with Gasteiger partial charge in [-0.1, -0.05) is 30.3 Å². The van der Waals surface area contributed by atoms with Crippen molar-refractivity contribution in [3.63, 3.8) is 0 Å². The van der Waals surface area contributed by atoms with Gasteiger partial charge >= 0.3 is 0 Å². The van der Waals surface area contributed by atoms with Gasteiger partial charge < -0.3 is 0 Å². The molecule has 2 rings (SSSR count). The van der Waals surface area contributed by atoms with Crippen LogP contribution in [0.4, 0.5) is 0 Å². The van der Waals surface area contributed by atoms with Gasteiger partial charge in [-0.25, -0.2) is 0 Å². The first-order chi connectivity index (χ1) is 6.90. The summed E-state index contributed by atoms with van der Waals surface area (Å²) in [6.07, 6.45) is 3.91. The van der Waals surface area contributed by atoms with Gasteiger partial charge in [0.2, 0.25) is 0 Å². The van der Waals surface area contributed by atoms with E-state index in [4.69, 9.17) is 0 Å². The number of rotatable bonds is 3. The van der Waals surface area contributed by atoms with Gasteiger partial charge in [0.05, 0.1) is 17.8 Å². The molecule has 0 bridgehead atoms. The highest BCUT2D eigenvalue weighted by molar-refractivity contribution is 7.98. The van der Waals surface area contributed by atoms with Crippen molar-refractivity contribution in [2.75, 3.05) is 6.26 Å². The summed E-state index contributed by atoms with van der Waals surface area (Å²) in [7, 11) is 0. The van der Waals surface area contributed by atoms with Crippen molar-refractivity contribution < 1.29 is 0 Å². The molecular formula is C11H12N2S. The number of aromatic nitrogens is 2. The van der Waals surface area contributed by atoms with Gasteiger partial charge in [-0.3, -0.25) is 4.68 Å². The molecule has 0 saturated heterocycles. The predicted octanol–water partition coefficient (Wildman–Crippen LogP) is 2.65. The second-order valence-electron chi connectivity index (χ2n) is 3.02. The van der Waals surface area contributed by atoms with E-state index >= 15 is 0 Å². The van der Waals surface area contributed by atoms with Crippen LogP contribution in [0.25, 0.3) is 0 Å². The van der Waals surface area contributed by atoms with E-state index in [0.717, 1.165) is 6.54 Å². The van der Waals surface area contributed by atoms with Crippen molar-refractivity contribution in [2.45, 2.75) is 11.6 Å². The van der Waals surface area contributed by atoms with E-state index < -0.39 is 0 Å². The molecule has 0 aliphatic heterocycles. The van der Waals surface area contributed by atoms with Crippen LogP contribution >= 0.6 is 11.8 Å². The summed E-state index contributed by atoms with van der Waals surface area (Å²) in [5.41, 5.74) is 1.28. The molecule has 0 atom stereocenters. The second-order valence-corrected chi connectivity index (χ2v) is 3.84. The van der Waals surface area contributed by atoms with Gasteiger partial charge in [-0.15, -0.1) is 11.8 Å². The van der Waals surface area contributed by atoms with E-state index in [1.54, 1.807) is 11.8 Å². The molecule has 0 spiro atoms. The molecule has 1 aromatic carbocycles. The van der Waals surface area contributed by atoms with E-state index in [1.165, 1.54) is 10.6 Å². The van der Waals surface area contributed by atoms with Crippen LogP contribution in [0.1, 0.15) is 5.56 Å². The normalized spacial score (nSPS) is 10.4. The maximum absolute atomic E-state index is 4.28. The Hall–Kier alpha value is -1.22. The number of nitrogens with zero attached hydrogens (tertiary/aromatic N) is 2. The molecule has 0 fully saturated rings. The Kier molecular flexibility index (Phi) is 2.89. The molecule has 3 heteroatoms. The molecule has 72 valence electrons. The van der Waals surface area contributed by atoms with Gasteiger partial charge in [-0.05, 0) is 17.9 Å². The molecule has 0 saturated carbocycles. The van der Waals surface area contributed by atoms with Crippen LogP contribution in [-0.4, -0.2) is 16.0 Å². The van der Waals surface area contributed by atoms with Crippen LogP contribution in [0, 0.1) is 0 Å². The zero-order chi connectivity index (χ0) is 9.80. The highest BCUT2D eigenvalue weighted by Crippen LogP contribution is 2.14. The number of hydrogen-bond acceptors (Lipinski definition) is 2. The fourth-order valence-electron chi connectivity index (χ4n) is 1.37. The van der Waals surface area contributed by atoms with E-state index in [1.807, 2.05) is 23.0 Å². The summed E-state index contributed by atoms with van der Waals surface area (Å²) < 4.78 is 2.01. The van der Waals surface area contributed by atoms with Gasteiger partial charge in [0.25, 0.3) is 0 Å². The first-order valence-corrected chi connectivity index (χ1v) is 5.72. The quantitative estimate of drug-likeness (QED) is 0.715. The van der Waals surface area contributed by atoms with Crippen LogP contribution in [0.2, 0.25) is 0 Å². The highest BCUT2D eigenvalue weighted by Gasteiger charge is 2.00. The summed E-state index contributed by atoms with van der Waals surface area (Å²) in [5, 5.41) is 5.48. The Labute approximate surface area is 87.9 Å². The Morgan fingerprint density at radius 1 is 1.21 bits per heavy atom. The average Bonchev–Trinajstić information content (AvgIpc) is 2.67. The van der Waals surface area contributed by atoms with Crippen LogP contribution in [-0.2, 0) is 6.54 Å². The van der Waals surface area contributed by atoms with Crippen LogP contribution in [0.15, 0.2) is 47.6 Å². The van der Waals surface area contributed by atoms with E-state index in [-0.39, 0.29) is 0 Å². The lowest BCUT2D eigenvalue weighted by Gasteiger charge is -2.04. The largest absolute Gasteiger partial charge is 0.255 e. The van der Waals surface area contributed by atoms with E-state index in [0.29, 0.717) is 0 Å². The van der Waals surface area contributed by atoms with Gasteiger partial charge in [0, 0.05) is 0 Å². The number of thioether (sulfide) groups is 1. The minimum Gasteiger partial charge on any atom is -0.255 e. The lowest BCUT2D eigenvalue weighted by molar-refractivity contribution is 0.630. The fraction of sp³-hybridized carbons (Fsp3) is 0.182. The summed E-state index contributed by atoms with van der Waals surface area (Å²) in [4.78, 5) is 0. The molecular weight excluding hydrogens is 192 g/mol. The SMILES string of the molecule is CSc1ccnn1Cc1ccccc1. The van der Waals surface area contributed by atoms with Crippen molar-refractivity contribution in [3.05, 3.63) is 48.2 Å². The van der Waals surface area contributed by atoms with Crippen molar-refractivity contribution >= 4 is 11.8 Å². The van der Waals surface area contributed by atoms with Crippen LogP contribution in [0.5, 0.6) is 0 Å². The Morgan fingerprint density at radius 2 is 2.00 bits per heavy atom. The summed E-state index contributed by atoms with van der Waals surface area (Å²) in [5.74, 6) is 0. The minimum absolute atomic E-state index is 0.851. The van der Waals surface area contributed by atoms with Gasteiger partial charge in [0.15, 0.2) is 0 Å². The molecule has 0 amide bonds. The fourth-order valence-corrected chi connectivity index (χ4v) is 1.89. The zero-order valence-electron chi connectivity index (χ0n) is 8.05. The summed E-state index contributed by atoms with van der Waals surface area (Å²) in [6, 6.07) is 12.4. The summed E-state index contributed by atoms with van der Waals surface area (Å²) in [6.45, 7) is 0.851. The Bertz CT molecular complexity index is 395. The standard InChI is InChI=1S/C11H12N2S/c1-14-11-7-8-12-13(11)9-10-5-3-2-4-6-10/h2-8H,9H2,1H3. The average molecular weight is 204 g/mol. The predicted molar refractivity (Wildman–Crippen MR) is 59.6 cm³/mol. The highest BCUT2D eigenvalue weighted by atomic mass is 32.2. The van der Waals surface area contributed by atoms with E-state index in [9.17, 15) is 0 Å². The first kappa shape index (κ1) is 9.34. The third-order valence-electron chi connectivity index (χ3n) is 2.06. The number of hydrogen-bond donors (Lipinski definition) is 0. The Morgan fingerprint density at radius 3 is 2.71 bits per heavy atom. The maximum Gasteiger partial charge on any atom is 0.0941 e. The van der Waals surface area contributed by atoms with Crippen molar-refractivity contribution in [3.8, 4) is 0 Å². The Balaban J connectivity index is 2.19. The zero-order valence-corrected chi connectivity index (χ0v) is 8.87. The first-order valence-electron chi connectivity index (χ1n) is 4.50. The molecule has 14 heavy (non-hydrogen) atoms. The minimum atomic E-state index is 0.851. The molecule has 1 aromatic heterocycles. The molecule has 0 aliphatic rings. The molecule has 1 heterocycles. The second kappa shape index (κ2) is 4.33. The molecule has 2 aromatic rings. The monoisotopic (exact) mass is 204 g/mol. The molecule has 0 N–H and O–H groups in total. The van der Waals surface area contributed by atoms with Gasteiger partial charge in [-0.2, -0.15) is 5.10 Å². The number of benzene rings is 1. The lowest BCUT2D eigenvalue weighted by atomic mass is 10.2. The smallest absolute Gasteiger partial charge is 0.0941 e. The lowest BCUT2D eigenvalue weighted by Crippen LogP contribution is -2.02. The molecule has 2 nitrogen and oxygen atoms in total. The third-order valence-corrected chi connectivity index (χ3v) is 2.83. The van der Waals surface area contributed by atoms with Gasteiger partial charge in [0.1, 0.15) is 0 Å². The van der Waals surface area contributed by atoms with Crippen molar-refractivity contribution in [1.82, 2.24) is 9.78 Å². The third kappa shape index (κ3) is 1.99. The topological polar surface area (TPSA) is 17.8 Å². The molecule has 0 aliphatic carbocycles. The van der Waals surface area contributed by atoms with Crippen molar-refractivity contribution in [1.29, 1.82) is 0 Å². The maximum atomic E-state index is 4.28. The van der Waals surface area contributed by atoms with E-state index in [2.05, 4.69) is 35.6 Å². The molecule has 0 radical (unpaired) electrons. The van der Waals surface area contributed by atoms with Crippen molar-refractivity contribution in [2.24, 2.45) is 0 Å².